The van der Waals surface area contributed by atoms with E-state index in [1.54, 1.807) is 23.1 Å². The number of halogens is 1. The van der Waals surface area contributed by atoms with Crippen LogP contribution in [0.15, 0.2) is 18.2 Å². The minimum atomic E-state index is -0.298. The Balaban J connectivity index is 2.22. The van der Waals surface area contributed by atoms with Crippen LogP contribution in [0.2, 0.25) is 5.02 Å². The Morgan fingerprint density at radius 2 is 2.32 bits per heavy atom. The molecule has 2 atom stereocenters. The lowest BCUT2D eigenvalue weighted by Gasteiger charge is -2.37. The lowest BCUT2D eigenvalue weighted by atomic mass is 10.1. The largest absolute Gasteiger partial charge is 0.394 e. The van der Waals surface area contributed by atoms with Crippen LogP contribution in [0.5, 0.6) is 0 Å². The number of benzene rings is 1. The maximum absolute atomic E-state index is 12.5. The molecular weight excluding hydrogens is 266 g/mol. The van der Waals surface area contributed by atoms with E-state index in [1.165, 1.54) is 0 Å². The Morgan fingerprint density at radius 1 is 1.58 bits per heavy atom. The Bertz CT molecular complexity index is 478. The molecule has 1 aliphatic heterocycles. The summed E-state index contributed by atoms with van der Waals surface area (Å²) in [6.07, 6.45) is -0.298. The molecule has 0 aromatic heterocycles. The summed E-state index contributed by atoms with van der Waals surface area (Å²) in [5.74, 6) is -0.0385. The minimum Gasteiger partial charge on any atom is -0.394 e. The molecule has 1 heterocycles. The molecule has 1 amide bonds. The number of hydrogen-bond donors (Lipinski definition) is 1. The van der Waals surface area contributed by atoms with Crippen LogP contribution in [-0.2, 0) is 4.74 Å². The third kappa shape index (κ3) is 3.08. The smallest absolute Gasteiger partial charge is 0.254 e. The van der Waals surface area contributed by atoms with Crippen molar-refractivity contribution in [3.8, 4) is 0 Å². The third-order valence-corrected chi connectivity index (χ3v) is 3.62. The summed E-state index contributed by atoms with van der Waals surface area (Å²) in [5.41, 5.74) is 1.51. The van der Waals surface area contributed by atoms with Gasteiger partial charge in [0.05, 0.1) is 25.4 Å². The molecule has 1 saturated heterocycles. The summed E-state index contributed by atoms with van der Waals surface area (Å²) in [6.45, 7) is 4.60. The topological polar surface area (TPSA) is 49.8 Å². The van der Waals surface area contributed by atoms with Crippen LogP contribution in [0, 0.1) is 6.92 Å². The molecule has 104 valence electrons. The second-order valence-electron chi connectivity index (χ2n) is 4.90. The van der Waals surface area contributed by atoms with Crippen molar-refractivity contribution in [2.75, 3.05) is 19.8 Å². The first-order chi connectivity index (χ1) is 9.02. The highest BCUT2D eigenvalue weighted by atomic mass is 35.5. The van der Waals surface area contributed by atoms with E-state index in [9.17, 15) is 4.79 Å². The van der Waals surface area contributed by atoms with Gasteiger partial charge in [-0.25, -0.2) is 0 Å². The molecule has 1 aliphatic rings. The Kier molecular flexibility index (Phi) is 4.45. The summed E-state index contributed by atoms with van der Waals surface area (Å²) in [6, 6.07) is 5.25. The van der Waals surface area contributed by atoms with Gasteiger partial charge in [0.25, 0.3) is 5.91 Å². The Hall–Kier alpha value is -1.10. The first-order valence-corrected chi connectivity index (χ1v) is 6.70. The molecule has 0 radical (unpaired) electrons. The second-order valence-corrected chi connectivity index (χ2v) is 5.34. The maximum Gasteiger partial charge on any atom is 0.254 e. The van der Waals surface area contributed by atoms with Crippen molar-refractivity contribution in [3.63, 3.8) is 0 Å². The van der Waals surface area contributed by atoms with Gasteiger partial charge in [-0.1, -0.05) is 11.6 Å². The molecule has 19 heavy (non-hydrogen) atoms. The predicted octanol–water partition coefficient (Wildman–Crippen LogP) is 1.87. The van der Waals surface area contributed by atoms with Gasteiger partial charge in [-0.05, 0) is 37.6 Å². The lowest BCUT2D eigenvalue weighted by Crippen LogP contribution is -2.52. The quantitative estimate of drug-likeness (QED) is 0.901. The summed E-state index contributed by atoms with van der Waals surface area (Å²) < 4.78 is 5.44. The number of ether oxygens (including phenoxy) is 1. The molecule has 1 aromatic carbocycles. The first-order valence-electron chi connectivity index (χ1n) is 6.32. The molecule has 0 spiro atoms. The minimum absolute atomic E-state index is 0.00498. The van der Waals surface area contributed by atoms with Crippen molar-refractivity contribution in [2.24, 2.45) is 0 Å². The number of nitrogens with zero attached hydrogens (tertiary/aromatic N) is 1. The number of amides is 1. The van der Waals surface area contributed by atoms with Crippen molar-refractivity contribution >= 4 is 17.5 Å². The molecule has 5 heteroatoms. The fourth-order valence-corrected chi connectivity index (χ4v) is 2.46. The average Bonchev–Trinajstić information content (AvgIpc) is 2.38. The zero-order valence-electron chi connectivity index (χ0n) is 11.1. The molecule has 2 rings (SSSR count). The summed E-state index contributed by atoms with van der Waals surface area (Å²) in [5, 5.41) is 9.78. The van der Waals surface area contributed by atoms with Gasteiger partial charge in [0, 0.05) is 17.1 Å². The van der Waals surface area contributed by atoms with Gasteiger partial charge in [-0.15, -0.1) is 0 Å². The number of morpholine rings is 1. The number of carbonyl (C=O) groups excluding carboxylic acids is 1. The van der Waals surface area contributed by atoms with Gasteiger partial charge in [0.2, 0.25) is 0 Å². The number of rotatable bonds is 2. The maximum atomic E-state index is 12.5. The highest BCUT2D eigenvalue weighted by molar-refractivity contribution is 6.30. The van der Waals surface area contributed by atoms with Crippen LogP contribution in [0.25, 0.3) is 0 Å². The molecule has 0 aliphatic carbocycles. The van der Waals surface area contributed by atoms with Gasteiger partial charge < -0.3 is 14.7 Å². The van der Waals surface area contributed by atoms with Crippen LogP contribution >= 0.6 is 11.6 Å². The standard InChI is InChI=1S/C14H18ClNO3/c1-9-5-11(15)3-4-13(9)14(18)16-6-12(7-17)19-8-10(16)2/h3-5,10,12,17H,6-8H2,1-2H3/t10-,12-/m1/s1. The van der Waals surface area contributed by atoms with Crippen LogP contribution in [0.1, 0.15) is 22.8 Å². The SMILES string of the molecule is Cc1cc(Cl)ccc1C(=O)N1C[C@H](CO)OC[C@H]1C. The van der Waals surface area contributed by atoms with E-state index in [-0.39, 0.29) is 24.7 Å². The van der Waals surface area contributed by atoms with Crippen molar-refractivity contribution in [1.82, 2.24) is 4.90 Å². The van der Waals surface area contributed by atoms with Crippen LogP contribution in [-0.4, -0.2) is 47.8 Å². The lowest BCUT2D eigenvalue weighted by molar-refractivity contribution is -0.0667. The second kappa shape index (κ2) is 5.90. The van der Waals surface area contributed by atoms with Gasteiger partial charge in [-0.2, -0.15) is 0 Å². The van der Waals surface area contributed by atoms with E-state index in [4.69, 9.17) is 21.4 Å². The molecule has 1 N–H and O–H groups in total. The third-order valence-electron chi connectivity index (χ3n) is 3.39. The van der Waals surface area contributed by atoms with E-state index in [0.717, 1.165) is 5.56 Å². The first kappa shape index (κ1) is 14.3. The molecule has 4 nitrogen and oxygen atoms in total. The molecule has 1 aromatic rings. The number of aliphatic hydroxyl groups is 1. The fraction of sp³-hybridized carbons (Fsp3) is 0.500. The van der Waals surface area contributed by atoms with Crippen LogP contribution in [0.3, 0.4) is 0 Å². The predicted molar refractivity (Wildman–Crippen MR) is 73.5 cm³/mol. The molecule has 0 saturated carbocycles. The van der Waals surface area contributed by atoms with Crippen LogP contribution in [0.4, 0.5) is 0 Å². The number of aryl methyl sites for hydroxylation is 1. The van der Waals surface area contributed by atoms with Gasteiger partial charge >= 0.3 is 0 Å². The number of carbonyl (C=O) groups is 1. The Labute approximate surface area is 117 Å². The van der Waals surface area contributed by atoms with Crippen molar-refractivity contribution < 1.29 is 14.6 Å². The van der Waals surface area contributed by atoms with E-state index in [2.05, 4.69) is 0 Å². The molecule has 0 bridgehead atoms. The molecule has 1 fully saturated rings. The Morgan fingerprint density at radius 3 is 2.95 bits per heavy atom. The van der Waals surface area contributed by atoms with E-state index in [1.807, 2.05) is 13.8 Å². The molecule has 0 unspecified atom stereocenters. The van der Waals surface area contributed by atoms with E-state index >= 15 is 0 Å². The average molecular weight is 284 g/mol. The zero-order valence-corrected chi connectivity index (χ0v) is 11.9. The highest BCUT2D eigenvalue weighted by Gasteiger charge is 2.30. The van der Waals surface area contributed by atoms with Crippen molar-refractivity contribution in [3.05, 3.63) is 34.3 Å². The fourth-order valence-electron chi connectivity index (χ4n) is 2.23. The van der Waals surface area contributed by atoms with E-state index in [0.29, 0.717) is 23.7 Å². The number of aliphatic hydroxyl groups excluding tert-OH is 1. The van der Waals surface area contributed by atoms with Gasteiger partial charge in [0.1, 0.15) is 0 Å². The molecular formula is C14H18ClNO3. The monoisotopic (exact) mass is 283 g/mol. The van der Waals surface area contributed by atoms with Crippen molar-refractivity contribution in [1.29, 1.82) is 0 Å². The van der Waals surface area contributed by atoms with E-state index < -0.39 is 0 Å². The van der Waals surface area contributed by atoms with Crippen LogP contribution < -0.4 is 0 Å². The van der Waals surface area contributed by atoms with Crippen molar-refractivity contribution in [2.45, 2.75) is 26.0 Å². The zero-order chi connectivity index (χ0) is 14.0. The normalized spacial score (nSPS) is 23.5. The summed E-state index contributed by atoms with van der Waals surface area (Å²) in [7, 11) is 0. The summed E-state index contributed by atoms with van der Waals surface area (Å²) >= 11 is 5.90. The van der Waals surface area contributed by atoms with Gasteiger partial charge in [-0.3, -0.25) is 4.79 Å². The summed E-state index contributed by atoms with van der Waals surface area (Å²) in [4.78, 5) is 14.3. The van der Waals surface area contributed by atoms with Gasteiger partial charge in [0.15, 0.2) is 0 Å². The highest BCUT2D eigenvalue weighted by Crippen LogP contribution is 2.20. The number of hydrogen-bond acceptors (Lipinski definition) is 3.